The van der Waals surface area contributed by atoms with Crippen molar-refractivity contribution in [2.45, 2.75) is 17.4 Å². The zero-order valence-corrected chi connectivity index (χ0v) is 41.8. The highest BCUT2D eigenvalue weighted by atomic mass is 15.2. The Morgan fingerprint density at radius 1 is 0.382 bits per heavy atom. The van der Waals surface area contributed by atoms with E-state index in [1.54, 1.807) is 0 Å². The SMILES string of the molecule is C1=CC2c3cc(-c4cccc(-c5cccc(C6C=C(c7ccc(-c8ccccc8)cc7)N=C(c7ccccc7)N6)c5)c4)ccc3C3(c4cc5ccccc5cc4N(c4ccccc4)c4cc5ccccc5cc43)C2C=C1. The van der Waals surface area contributed by atoms with Gasteiger partial charge in [-0.05, 0) is 143 Å². The summed E-state index contributed by atoms with van der Waals surface area (Å²) in [7, 11) is 0. The van der Waals surface area contributed by atoms with E-state index in [-0.39, 0.29) is 17.9 Å². The second-order valence-corrected chi connectivity index (χ2v) is 20.7. The fourth-order valence-corrected chi connectivity index (χ4v) is 13.0. The molecule has 11 aromatic rings. The van der Waals surface area contributed by atoms with E-state index in [4.69, 9.17) is 4.99 Å². The van der Waals surface area contributed by atoms with Gasteiger partial charge < -0.3 is 10.2 Å². The number of aliphatic imine (C=N–C) groups is 1. The first-order valence-electron chi connectivity index (χ1n) is 26.5. The lowest BCUT2D eigenvalue weighted by Crippen LogP contribution is -2.40. The Kier molecular flexibility index (Phi) is 10.3. The van der Waals surface area contributed by atoms with Crippen LogP contribution in [-0.4, -0.2) is 5.84 Å². The van der Waals surface area contributed by atoms with E-state index in [9.17, 15) is 0 Å². The Bertz CT molecular complexity index is 4120. The zero-order chi connectivity index (χ0) is 50.2. The Balaban J connectivity index is 0.836. The number of amidine groups is 1. The number of hydrogen-bond acceptors (Lipinski definition) is 3. The van der Waals surface area contributed by atoms with Gasteiger partial charge in [0.05, 0.1) is 28.5 Å². The highest BCUT2D eigenvalue weighted by Gasteiger charge is 2.57. The Hall–Kier alpha value is -9.57. The van der Waals surface area contributed by atoms with Crippen LogP contribution in [0, 0.1) is 5.92 Å². The van der Waals surface area contributed by atoms with Crippen molar-refractivity contribution in [3.8, 4) is 33.4 Å². The monoisotopic (exact) mass is 969 g/mol. The lowest BCUT2D eigenvalue weighted by molar-refractivity contribution is 0.455. The number of para-hydroxylation sites is 1. The molecule has 0 saturated heterocycles. The second-order valence-electron chi connectivity index (χ2n) is 20.7. The molecule has 3 nitrogen and oxygen atoms in total. The minimum Gasteiger partial charge on any atom is -0.359 e. The number of allylic oxidation sites excluding steroid dienone is 4. The molecular formula is C73H51N3. The van der Waals surface area contributed by atoms with Crippen molar-refractivity contribution < 1.29 is 0 Å². The molecule has 1 spiro atoms. The van der Waals surface area contributed by atoms with Crippen molar-refractivity contribution in [1.29, 1.82) is 0 Å². The summed E-state index contributed by atoms with van der Waals surface area (Å²) in [6.45, 7) is 0. The molecule has 4 aliphatic rings. The number of fused-ring (bicyclic) bond motifs is 11. The van der Waals surface area contributed by atoms with Gasteiger partial charge in [-0.1, -0.05) is 231 Å². The van der Waals surface area contributed by atoms with Crippen LogP contribution in [0.3, 0.4) is 0 Å². The van der Waals surface area contributed by atoms with E-state index in [2.05, 4.69) is 295 Å². The molecule has 358 valence electrons. The Morgan fingerprint density at radius 3 is 1.54 bits per heavy atom. The predicted molar refractivity (Wildman–Crippen MR) is 317 cm³/mol. The van der Waals surface area contributed by atoms with Crippen LogP contribution in [0.4, 0.5) is 17.1 Å². The summed E-state index contributed by atoms with van der Waals surface area (Å²) in [5.74, 6) is 1.19. The van der Waals surface area contributed by atoms with Gasteiger partial charge in [-0.15, -0.1) is 0 Å². The van der Waals surface area contributed by atoms with Crippen LogP contribution in [0.5, 0.6) is 0 Å². The van der Waals surface area contributed by atoms with Crippen molar-refractivity contribution >= 4 is 50.1 Å². The third kappa shape index (κ3) is 7.15. The van der Waals surface area contributed by atoms with Gasteiger partial charge in [0, 0.05) is 23.1 Å². The molecule has 15 rings (SSSR count). The van der Waals surface area contributed by atoms with Crippen molar-refractivity contribution in [2.24, 2.45) is 10.9 Å². The van der Waals surface area contributed by atoms with Crippen molar-refractivity contribution in [2.75, 3.05) is 4.90 Å². The Morgan fingerprint density at radius 2 is 0.882 bits per heavy atom. The number of anilines is 3. The van der Waals surface area contributed by atoms with Gasteiger partial charge in [0.1, 0.15) is 5.84 Å². The fraction of sp³-hybridized carbons (Fsp3) is 0.0548. The quantitative estimate of drug-likeness (QED) is 0.172. The van der Waals surface area contributed by atoms with E-state index >= 15 is 0 Å². The topological polar surface area (TPSA) is 27.6 Å². The molecule has 2 heterocycles. The van der Waals surface area contributed by atoms with Crippen molar-refractivity contribution in [3.63, 3.8) is 0 Å². The largest absolute Gasteiger partial charge is 0.359 e. The molecule has 0 aromatic heterocycles. The smallest absolute Gasteiger partial charge is 0.134 e. The number of hydrogen-bond donors (Lipinski definition) is 1. The second kappa shape index (κ2) is 17.8. The number of nitrogens with one attached hydrogen (secondary N) is 1. The number of rotatable bonds is 7. The average Bonchev–Trinajstić information content (AvgIpc) is 4.00. The first kappa shape index (κ1) is 44.0. The number of benzene rings is 11. The molecule has 76 heavy (non-hydrogen) atoms. The van der Waals surface area contributed by atoms with Gasteiger partial charge in [-0.3, -0.25) is 0 Å². The minimum atomic E-state index is -0.468. The van der Waals surface area contributed by atoms with E-state index in [0.717, 1.165) is 28.3 Å². The summed E-state index contributed by atoms with van der Waals surface area (Å²) in [6, 6.07) is 93.8. The van der Waals surface area contributed by atoms with Gasteiger partial charge in [0.25, 0.3) is 0 Å². The van der Waals surface area contributed by atoms with Gasteiger partial charge in [0.15, 0.2) is 0 Å². The van der Waals surface area contributed by atoms with Crippen LogP contribution in [0.1, 0.15) is 50.9 Å². The summed E-state index contributed by atoms with van der Waals surface area (Å²) in [6.07, 6.45) is 11.8. The maximum absolute atomic E-state index is 5.22. The van der Waals surface area contributed by atoms with Crippen LogP contribution in [0.25, 0.3) is 60.6 Å². The highest BCUT2D eigenvalue weighted by Crippen LogP contribution is 2.66. The van der Waals surface area contributed by atoms with E-state index in [1.807, 2.05) is 0 Å². The molecule has 1 N–H and O–H groups in total. The normalized spacial score (nSPS) is 17.6. The fourth-order valence-electron chi connectivity index (χ4n) is 13.0. The van der Waals surface area contributed by atoms with Gasteiger partial charge in [-0.25, -0.2) is 4.99 Å². The first-order chi connectivity index (χ1) is 37.6. The summed E-state index contributed by atoms with van der Waals surface area (Å²) in [4.78, 5) is 7.75. The van der Waals surface area contributed by atoms with Crippen LogP contribution in [0.2, 0.25) is 0 Å². The van der Waals surface area contributed by atoms with Gasteiger partial charge in [0.2, 0.25) is 0 Å². The first-order valence-corrected chi connectivity index (χ1v) is 26.5. The minimum absolute atomic E-state index is 0.0972. The lowest BCUT2D eigenvalue weighted by atomic mass is 9.60. The van der Waals surface area contributed by atoms with Crippen LogP contribution >= 0.6 is 0 Å². The molecule has 2 aliphatic heterocycles. The molecule has 3 atom stereocenters. The molecule has 2 aliphatic carbocycles. The third-order valence-electron chi connectivity index (χ3n) is 16.5. The molecule has 0 amide bonds. The standard InChI is InChI=1S/C73H51N3/c1-4-18-48(19-5-1)49-34-36-50(37-35-49)68-47-69(75-72(74-68)51-20-6-2-7-21-51)60-29-17-28-54(41-60)52-26-16-27-53(40-52)59-38-39-65-63(42-59)62-32-14-15-33-64(62)73(65)66-43-55-22-10-12-24-57(55)45-70(66)76(61-30-8-3-9-31-61)71-46-58-25-13-11-23-56(58)44-67(71)73/h1-47,62,64,69H,(H,74,75). The Labute approximate surface area is 443 Å². The van der Waals surface area contributed by atoms with E-state index in [0.29, 0.717) is 0 Å². The van der Waals surface area contributed by atoms with Crippen LogP contribution in [0.15, 0.2) is 290 Å². The molecule has 0 bridgehead atoms. The maximum Gasteiger partial charge on any atom is 0.134 e. The lowest BCUT2D eigenvalue weighted by Gasteiger charge is -2.48. The maximum atomic E-state index is 5.22. The molecule has 0 fully saturated rings. The molecule has 3 heteroatoms. The van der Waals surface area contributed by atoms with E-state index < -0.39 is 5.41 Å². The number of nitrogens with zero attached hydrogens (tertiary/aromatic N) is 2. The van der Waals surface area contributed by atoms with Crippen molar-refractivity contribution in [3.05, 3.63) is 324 Å². The molecule has 11 aromatic carbocycles. The predicted octanol–water partition coefficient (Wildman–Crippen LogP) is 18.1. The summed E-state index contributed by atoms with van der Waals surface area (Å²) < 4.78 is 0. The van der Waals surface area contributed by atoms with Gasteiger partial charge >= 0.3 is 0 Å². The molecular weight excluding hydrogens is 919 g/mol. The van der Waals surface area contributed by atoms with E-state index in [1.165, 1.54) is 94.1 Å². The van der Waals surface area contributed by atoms with Crippen molar-refractivity contribution in [1.82, 2.24) is 5.32 Å². The summed E-state index contributed by atoms with van der Waals surface area (Å²) in [5, 5.41) is 8.80. The summed E-state index contributed by atoms with van der Waals surface area (Å²) >= 11 is 0. The average molecular weight is 970 g/mol. The highest BCUT2D eigenvalue weighted by molar-refractivity contribution is 6.04. The third-order valence-corrected chi connectivity index (χ3v) is 16.5. The van der Waals surface area contributed by atoms with Crippen LogP contribution in [-0.2, 0) is 5.41 Å². The van der Waals surface area contributed by atoms with Gasteiger partial charge in [-0.2, -0.15) is 0 Å². The van der Waals surface area contributed by atoms with Crippen LogP contribution < -0.4 is 10.2 Å². The molecule has 3 unspecified atom stereocenters. The zero-order valence-electron chi connectivity index (χ0n) is 41.8. The molecule has 0 radical (unpaired) electrons. The summed E-state index contributed by atoms with van der Waals surface area (Å²) in [5.41, 5.74) is 20.1. The molecule has 0 saturated carbocycles.